The third-order valence-electron chi connectivity index (χ3n) is 4.30. The lowest BCUT2D eigenvalue weighted by atomic mass is 9.91. The zero-order valence-electron chi connectivity index (χ0n) is 11.8. The maximum absolute atomic E-state index is 10.7. The Balaban J connectivity index is 1.94. The monoisotopic (exact) mass is 261 g/mol. The number of carbonyl (C=O) groups is 1. The molecule has 0 amide bonds. The molecule has 0 saturated carbocycles. The lowest BCUT2D eigenvalue weighted by Gasteiger charge is -2.36. The number of rotatable bonds is 4. The van der Waals surface area contributed by atoms with Crippen molar-refractivity contribution in [2.75, 3.05) is 13.1 Å². The highest BCUT2D eigenvalue weighted by molar-refractivity contribution is 5.67. The van der Waals surface area contributed by atoms with Crippen molar-refractivity contribution in [1.29, 1.82) is 0 Å². The van der Waals surface area contributed by atoms with Crippen LogP contribution in [0.3, 0.4) is 0 Å². The van der Waals surface area contributed by atoms with Crippen LogP contribution in [0.15, 0.2) is 24.3 Å². The van der Waals surface area contributed by atoms with Gasteiger partial charge in [-0.3, -0.25) is 9.69 Å². The Kier molecular flexibility index (Phi) is 4.59. The van der Waals surface area contributed by atoms with E-state index in [1.165, 1.54) is 11.1 Å². The molecule has 3 nitrogen and oxygen atoms in total. The van der Waals surface area contributed by atoms with E-state index in [1.54, 1.807) is 0 Å². The fourth-order valence-electron chi connectivity index (χ4n) is 3.04. The second-order valence-corrected chi connectivity index (χ2v) is 5.61. The normalized spacial score (nSPS) is 19.3. The van der Waals surface area contributed by atoms with E-state index in [9.17, 15) is 4.79 Å². The van der Waals surface area contributed by atoms with E-state index in [-0.39, 0.29) is 0 Å². The molecule has 1 aliphatic rings. The van der Waals surface area contributed by atoms with Crippen molar-refractivity contribution in [2.24, 2.45) is 5.92 Å². The van der Waals surface area contributed by atoms with E-state index in [0.29, 0.717) is 18.4 Å². The fraction of sp³-hybridized carbons (Fsp3) is 0.562. The summed E-state index contributed by atoms with van der Waals surface area (Å²) in [5.74, 6) is -0.303. The van der Waals surface area contributed by atoms with Crippen LogP contribution in [0.1, 0.15) is 43.4 Å². The van der Waals surface area contributed by atoms with Gasteiger partial charge in [0.2, 0.25) is 0 Å². The molecule has 0 aliphatic carbocycles. The van der Waals surface area contributed by atoms with E-state index in [0.717, 1.165) is 25.9 Å². The zero-order chi connectivity index (χ0) is 13.8. The lowest BCUT2D eigenvalue weighted by molar-refractivity contribution is -0.138. The van der Waals surface area contributed by atoms with Crippen LogP contribution in [-0.4, -0.2) is 29.1 Å². The molecular weight excluding hydrogens is 238 g/mol. The highest BCUT2D eigenvalue weighted by Gasteiger charge is 2.25. The third kappa shape index (κ3) is 3.57. The van der Waals surface area contributed by atoms with Gasteiger partial charge in [-0.15, -0.1) is 0 Å². The van der Waals surface area contributed by atoms with Gasteiger partial charge in [-0.1, -0.05) is 24.3 Å². The van der Waals surface area contributed by atoms with Gasteiger partial charge in [-0.2, -0.15) is 0 Å². The highest BCUT2D eigenvalue weighted by Crippen LogP contribution is 2.29. The molecule has 1 aromatic rings. The number of hydrogen-bond donors (Lipinski definition) is 1. The van der Waals surface area contributed by atoms with Crippen LogP contribution in [0, 0.1) is 12.8 Å². The number of carboxylic acid groups (broad SMARTS) is 1. The molecule has 104 valence electrons. The molecule has 0 bridgehead atoms. The largest absolute Gasteiger partial charge is 0.481 e. The average Bonchev–Trinajstić information content (AvgIpc) is 2.39. The van der Waals surface area contributed by atoms with E-state index in [1.807, 2.05) is 0 Å². The first kappa shape index (κ1) is 14.1. The summed E-state index contributed by atoms with van der Waals surface area (Å²) in [6, 6.07) is 8.94. The SMILES string of the molecule is Cc1ccccc1C(C)N1CCC(CC(=O)O)CC1. The molecule has 0 aromatic heterocycles. The van der Waals surface area contributed by atoms with Crippen molar-refractivity contribution in [3.8, 4) is 0 Å². The molecule has 3 heteroatoms. The number of hydrogen-bond acceptors (Lipinski definition) is 2. The Morgan fingerprint density at radius 2 is 2.00 bits per heavy atom. The van der Waals surface area contributed by atoms with Crippen molar-refractivity contribution in [2.45, 2.75) is 39.2 Å². The molecule has 1 atom stereocenters. The maximum Gasteiger partial charge on any atom is 0.303 e. The molecule has 2 rings (SSSR count). The maximum atomic E-state index is 10.7. The van der Waals surface area contributed by atoms with Crippen molar-refractivity contribution in [1.82, 2.24) is 4.90 Å². The summed E-state index contributed by atoms with van der Waals surface area (Å²) in [6.45, 7) is 6.42. The highest BCUT2D eigenvalue weighted by atomic mass is 16.4. The van der Waals surface area contributed by atoms with Gasteiger partial charge in [0.05, 0.1) is 0 Å². The number of aliphatic carboxylic acids is 1. The van der Waals surface area contributed by atoms with Crippen LogP contribution in [0.5, 0.6) is 0 Å². The van der Waals surface area contributed by atoms with Gasteiger partial charge < -0.3 is 5.11 Å². The molecule has 1 heterocycles. The summed E-state index contributed by atoms with van der Waals surface area (Å²) in [7, 11) is 0. The van der Waals surface area contributed by atoms with Crippen LogP contribution in [-0.2, 0) is 4.79 Å². The van der Waals surface area contributed by atoms with Crippen LogP contribution in [0.4, 0.5) is 0 Å². The predicted octanol–water partition coefficient (Wildman–Crippen LogP) is 3.24. The van der Waals surface area contributed by atoms with Gasteiger partial charge in [0.1, 0.15) is 0 Å². The third-order valence-corrected chi connectivity index (χ3v) is 4.30. The Labute approximate surface area is 115 Å². The van der Waals surface area contributed by atoms with Crippen LogP contribution < -0.4 is 0 Å². The molecule has 1 saturated heterocycles. The number of nitrogens with zero attached hydrogens (tertiary/aromatic N) is 1. The summed E-state index contributed by atoms with van der Waals surface area (Å²) >= 11 is 0. The van der Waals surface area contributed by atoms with E-state index < -0.39 is 5.97 Å². The summed E-state index contributed by atoms with van der Waals surface area (Å²) in [4.78, 5) is 13.2. The lowest BCUT2D eigenvalue weighted by Crippen LogP contribution is -2.36. The minimum absolute atomic E-state index is 0.326. The molecular formula is C16H23NO2. The van der Waals surface area contributed by atoms with Gasteiger partial charge >= 0.3 is 5.97 Å². The molecule has 1 aliphatic heterocycles. The van der Waals surface area contributed by atoms with Gasteiger partial charge in [0, 0.05) is 12.5 Å². The first-order valence-corrected chi connectivity index (χ1v) is 7.09. The Morgan fingerprint density at radius 1 is 1.37 bits per heavy atom. The molecule has 19 heavy (non-hydrogen) atoms. The predicted molar refractivity (Wildman–Crippen MR) is 76.1 cm³/mol. The molecule has 0 spiro atoms. The smallest absolute Gasteiger partial charge is 0.303 e. The van der Waals surface area contributed by atoms with Crippen molar-refractivity contribution < 1.29 is 9.90 Å². The standard InChI is InChI=1S/C16H23NO2/c1-12-5-3-4-6-15(12)13(2)17-9-7-14(8-10-17)11-16(18)19/h3-6,13-14H,7-11H2,1-2H3,(H,18,19). The average molecular weight is 261 g/mol. The second kappa shape index (κ2) is 6.20. The fourth-order valence-corrected chi connectivity index (χ4v) is 3.04. The second-order valence-electron chi connectivity index (χ2n) is 5.61. The minimum Gasteiger partial charge on any atom is -0.481 e. The van der Waals surface area contributed by atoms with Crippen LogP contribution in [0.25, 0.3) is 0 Å². The zero-order valence-corrected chi connectivity index (χ0v) is 11.8. The summed E-state index contributed by atoms with van der Waals surface area (Å²) in [5, 5.41) is 8.84. The first-order valence-electron chi connectivity index (χ1n) is 7.09. The van der Waals surface area contributed by atoms with Crippen molar-refractivity contribution >= 4 is 5.97 Å². The first-order chi connectivity index (χ1) is 9.08. The van der Waals surface area contributed by atoms with E-state index >= 15 is 0 Å². The van der Waals surface area contributed by atoms with Gasteiger partial charge in [0.15, 0.2) is 0 Å². The van der Waals surface area contributed by atoms with E-state index in [4.69, 9.17) is 5.11 Å². The Morgan fingerprint density at radius 3 is 2.58 bits per heavy atom. The summed E-state index contributed by atoms with van der Waals surface area (Å²) in [6.07, 6.45) is 2.33. The summed E-state index contributed by atoms with van der Waals surface area (Å²) < 4.78 is 0. The summed E-state index contributed by atoms with van der Waals surface area (Å²) in [5.41, 5.74) is 2.72. The molecule has 1 fully saturated rings. The molecule has 0 radical (unpaired) electrons. The van der Waals surface area contributed by atoms with Gasteiger partial charge in [0.25, 0.3) is 0 Å². The molecule has 1 N–H and O–H groups in total. The van der Waals surface area contributed by atoms with E-state index in [2.05, 4.69) is 43.0 Å². The quantitative estimate of drug-likeness (QED) is 0.904. The van der Waals surface area contributed by atoms with Crippen molar-refractivity contribution in [3.63, 3.8) is 0 Å². The number of benzene rings is 1. The number of likely N-dealkylation sites (tertiary alicyclic amines) is 1. The minimum atomic E-state index is -0.662. The van der Waals surface area contributed by atoms with Crippen LogP contribution in [0.2, 0.25) is 0 Å². The molecule has 1 aromatic carbocycles. The van der Waals surface area contributed by atoms with Gasteiger partial charge in [-0.25, -0.2) is 0 Å². The van der Waals surface area contributed by atoms with Crippen LogP contribution >= 0.6 is 0 Å². The molecule has 1 unspecified atom stereocenters. The topological polar surface area (TPSA) is 40.5 Å². The van der Waals surface area contributed by atoms with Gasteiger partial charge in [-0.05, 0) is 56.8 Å². The Hall–Kier alpha value is -1.35. The number of piperidine rings is 1. The number of aryl methyl sites for hydroxylation is 1. The number of carboxylic acids is 1. The van der Waals surface area contributed by atoms with Crippen molar-refractivity contribution in [3.05, 3.63) is 35.4 Å². The Bertz CT molecular complexity index is 436.